The SMILES string of the molecule is Cc1onc(-c2c(Cl)cccc2Cl)c1C(=O)NC(C)c1ccncc1. The second-order valence-corrected chi connectivity index (χ2v) is 6.35. The number of rotatable bonds is 4. The molecule has 2 aromatic heterocycles. The number of hydrogen-bond acceptors (Lipinski definition) is 4. The molecule has 0 fully saturated rings. The summed E-state index contributed by atoms with van der Waals surface area (Å²) in [7, 11) is 0. The predicted molar refractivity (Wildman–Crippen MR) is 96.8 cm³/mol. The van der Waals surface area contributed by atoms with Gasteiger partial charge < -0.3 is 9.84 Å². The van der Waals surface area contributed by atoms with Crippen LogP contribution in [0, 0.1) is 6.92 Å². The van der Waals surface area contributed by atoms with Crippen molar-refractivity contribution in [3.8, 4) is 11.3 Å². The Labute approximate surface area is 155 Å². The fourth-order valence-electron chi connectivity index (χ4n) is 2.54. The molecule has 128 valence electrons. The van der Waals surface area contributed by atoms with Gasteiger partial charge in [-0.15, -0.1) is 0 Å². The number of carbonyl (C=O) groups excluding carboxylic acids is 1. The molecule has 2 heterocycles. The number of nitrogens with zero attached hydrogens (tertiary/aromatic N) is 2. The van der Waals surface area contributed by atoms with Gasteiger partial charge in [-0.25, -0.2) is 0 Å². The van der Waals surface area contributed by atoms with E-state index in [0.717, 1.165) is 5.56 Å². The number of benzene rings is 1. The number of amides is 1. The van der Waals surface area contributed by atoms with Gasteiger partial charge in [0, 0.05) is 18.0 Å². The minimum Gasteiger partial charge on any atom is -0.360 e. The van der Waals surface area contributed by atoms with Crippen LogP contribution < -0.4 is 5.32 Å². The number of hydrogen-bond donors (Lipinski definition) is 1. The van der Waals surface area contributed by atoms with Crippen molar-refractivity contribution >= 4 is 29.1 Å². The number of aromatic nitrogens is 2. The highest BCUT2D eigenvalue weighted by Gasteiger charge is 2.25. The highest BCUT2D eigenvalue weighted by molar-refractivity contribution is 6.39. The van der Waals surface area contributed by atoms with E-state index in [9.17, 15) is 4.79 Å². The minimum atomic E-state index is -0.311. The Bertz CT molecular complexity index is 890. The topological polar surface area (TPSA) is 68.0 Å². The van der Waals surface area contributed by atoms with Crippen molar-refractivity contribution in [1.82, 2.24) is 15.5 Å². The summed E-state index contributed by atoms with van der Waals surface area (Å²) in [5, 5.41) is 7.73. The van der Waals surface area contributed by atoms with Crippen LogP contribution in [-0.4, -0.2) is 16.0 Å². The van der Waals surface area contributed by atoms with Crippen LogP contribution in [0.1, 0.15) is 34.6 Å². The molecule has 1 amide bonds. The zero-order valence-electron chi connectivity index (χ0n) is 13.6. The van der Waals surface area contributed by atoms with Gasteiger partial charge in [-0.1, -0.05) is 34.4 Å². The van der Waals surface area contributed by atoms with Gasteiger partial charge in [-0.05, 0) is 43.7 Å². The number of pyridine rings is 1. The summed E-state index contributed by atoms with van der Waals surface area (Å²) in [6.45, 7) is 3.56. The molecule has 0 aliphatic carbocycles. The molecular weight excluding hydrogens is 361 g/mol. The molecule has 0 bridgehead atoms. The third kappa shape index (κ3) is 3.52. The second-order valence-electron chi connectivity index (χ2n) is 5.53. The lowest BCUT2D eigenvalue weighted by Crippen LogP contribution is -2.27. The first kappa shape index (κ1) is 17.5. The average molecular weight is 376 g/mol. The van der Waals surface area contributed by atoms with Gasteiger partial charge in [0.2, 0.25) is 0 Å². The van der Waals surface area contributed by atoms with E-state index >= 15 is 0 Å². The zero-order valence-corrected chi connectivity index (χ0v) is 15.1. The summed E-state index contributed by atoms with van der Waals surface area (Å²) in [4.78, 5) is 16.8. The van der Waals surface area contributed by atoms with E-state index in [4.69, 9.17) is 27.7 Å². The van der Waals surface area contributed by atoms with E-state index in [1.807, 2.05) is 19.1 Å². The van der Waals surface area contributed by atoms with E-state index in [0.29, 0.717) is 32.6 Å². The fourth-order valence-corrected chi connectivity index (χ4v) is 3.11. The maximum absolute atomic E-state index is 12.8. The molecule has 0 saturated heterocycles. The molecule has 7 heteroatoms. The summed E-state index contributed by atoms with van der Waals surface area (Å²) in [6.07, 6.45) is 3.36. The highest BCUT2D eigenvalue weighted by Crippen LogP contribution is 2.36. The molecule has 0 spiro atoms. The summed E-state index contributed by atoms with van der Waals surface area (Å²) < 4.78 is 5.23. The van der Waals surface area contributed by atoms with Crippen LogP contribution >= 0.6 is 23.2 Å². The number of aryl methyl sites for hydroxylation is 1. The van der Waals surface area contributed by atoms with Crippen LogP contribution in [0.5, 0.6) is 0 Å². The van der Waals surface area contributed by atoms with Crippen molar-refractivity contribution in [2.75, 3.05) is 0 Å². The first-order valence-electron chi connectivity index (χ1n) is 7.60. The molecule has 1 atom stereocenters. The maximum atomic E-state index is 12.8. The summed E-state index contributed by atoms with van der Waals surface area (Å²) in [5.41, 5.74) is 2.06. The molecule has 25 heavy (non-hydrogen) atoms. The minimum absolute atomic E-state index is 0.209. The van der Waals surface area contributed by atoms with Crippen LogP contribution in [0.15, 0.2) is 47.2 Å². The van der Waals surface area contributed by atoms with Crippen molar-refractivity contribution in [2.24, 2.45) is 0 Å². The largest absolute Gasteiger partial charge is 0.360 e. The van der Waals surface area contributed by atoms with Crippen molar-refractivity contribution in [1.29, 1.82) is 0 Å². The molecule has 1 N–H and O–H groups in total. The van der Waals surface area contributed by atoms with Crippen molar-refractivity contribution in [2.45, 2.75) is 19.9 Å². The number of nitrogens with one attached hydrogen (secondary N) is 1. The Balaban J connectivity index is 1.96. The van der Waals surface area contributed by atoms with Crippen LogP contribution in [-0.2, 0) is 0 Å². The molecule has 0 aliphatic rings. The molecule has 1 unspecified atom stereocenters. The predicted octanol–water partition coefficient (Wildman–Crippen LogP) is 4.84. The first-order chi connectivity index (χ1) is 12.0. The van der Waals surface area contributed by atoms with Gasteiger partial charge in [0.25, 0.3) is 5.91 Å². The average Bonchev–Trinajstić information content (AvgIpc) is 2.97. The van der Waals surface area contributed by atoms with Crippen molar-refractivity contribution in [3.05, 3.63) is 69.7 Å². The van der Waals surface area contributed by atoms with Crippen LogP contribution in [0.2, 0.25) is 10.0 Å². The smallest absolute Gasteiger partial charge is 0.257 e. The third-order valence-electron chi connectivity index (χ3n) is 3.84. The normalized spacial score (nSPS) is 12.0. The van der Waals surface area contributed by atoms with Crippen LogP contribution in [0.4, 0.5) is 0 Å². The van der Waals surface area contributed by atoms with E-state index in [-0.39, 0.29) is 11.9 Å². The Kier molecular flexibility index (Phi) is 5.06. The Morgan fingerprint density at radius 3 is 2.44 bits per heavy atom. The van der Waals surface area contributed by atoms with E-state index in [1.165, 1.54) is 0 Å². The summed E-state index contributed by atoms with van der Waals surface area (Å²) >= 11 is 12.5. The molecular formula is C18H15Cl2N3O2. The molecule has 0 radical (unpaired) electrons. The number of carbonyl (C=O) groups is 1. The lowest BCUT2D eigenvalue weighted by atomic mass is 10.0. The molecule has 0 aliphatic heterocycles. The quantitative estimate of drug-likeness (QED) is 0.707. The molecule has 5 nitrogen and oxygen atoms in total. The monoisotopic (exact) mass is 375 g/mol. The Hall–Kier alpha value is -2.37. The van der Waals surface area contributed by atoms with Crippen LogP contribution in [0.25, 0.3) is 11.3 Å². The molecule has 3 aromatic rings. The summed E-state index contributed by atoms with van der Waals surface area (Å²) in [5.74, 6) is 0.0828. The lowest BCUT2D eigenvalue weighted by molar-refractivity contribution is 0.0939. The second kappa shape index (κ2) is 7.25. The molecule has 0 saturated carbocycles. The van der Waals surface area contributed by atoms with Crippen molar-refractivity contribution in [3.63, 3.8) is 0 Å². The van der Waals surface area contributed by atoms with Gasteiger partial charge in [0.1, 0.15) is 17.0 Å². The van der Waals surface area contributed by atoms with Gasteiger partial charge in [-0.3, -0.25) is 9.78 Å². The molecule has 1 aromatic carbocycles. The van der Waals surface area contributed by atoms with E-state index in [2.05, 4.69) is 15.5 Å². The zero-order chi connectivity index (χ0) is 18.0. The van der Waals surface area contributed by atoms with Gasteiger partial charge in [-0.2, -0.15) is 0 Å². The van der Waals surface area contributed by atoms with E-state index < -0.39 is 0 Å². The maximum Gasteiger partial charge on any atom is 0.257 e. The Morgan fingerprint density at radius 1 is 1.16 bits per heavy atom. The number of halogens is 2. The standard InChI is InChI=1S/C18H15Cl2N3O2/c1-10(12-6-8-21-9-7-12)22-18(24)15-11(2)25-23-17(15)16-13(19)4-3-5-14(16)20/h3-10H,1-2H3,(H,22,24). The fraction of sp³-hybridized carbons (Fsp3) is 0.167. The van der Waals surface area contributed by atoms with Gasteiger partial charge >= 0.3 is 0 Å². The Morgan fingerprint density at radius 2 is 1.80 bits per heavy atom. The van der Waals surface area contributed by atoms with E-state index in [1.54, 1.807) is 37.5 Å². The summed E-state index contributed by atoms with van der Waals surface area (Å²) in [6, 6.07) is 8.59. The van der Waals surface area contributed by atoms with Crippen molar-refractivity contribution < 1.29 is 9.32 Å². The lowest BCUT2D eigenvalue weighted by Gasteiger charge is -2.14. The van der Waals surface area contributed by atoms with Crippen LogP contribution in [0.3, 0.4) is 0 Å². The van der Waals surface area contributed by atoms with Gasteiger partial charge in [0.15, 0.2) is 0 Å². The first-order valence-corrected chi connectivity index (χ1v) is 8.36. The molecule has 3 rings (SSSR count). The highest BCUT2D eigenvalue weighted by atomic mass is 35.5. The van der Waals surface area contributed by atoms with Gasteiger partial charge in [0.05, 0.1) is 16.1 Å². The third-order valence-corrected chi connectivity index (χ3v) is 4.47.